The van der Waals surface area contributed by atoms with Crippen molar-refractivity contribution in [3.63, 3.8) is 0 Å². The molecular formula is C36H23NOS. The summed E-state index contributed by atoms with van der Waals surface area (Å²) in [6.07, 6.45) is 9.00. The third-order valence-corrected chi connectivity index (χ3v) is 9.63. The van der Waals surface area contributed by atoms with Crippen LogP contribution in [-0.4, -0.2) is 6.04 Å². The molecule has 5 aromatic carbocycles. The van der Waals surface area contributed by atoms with Gasteiger partial charge in [-0.1, -0.05) is 97.1 Å². The van der Waals surface area contributed by atoms with Crippen LogP contribution in [0.5, 0.6) is 0 Å². The number of hydrogen-bond donors (Lipinski definition) is 0. The molecule has 0 saturated carbocycles. The van der Waals surface area contributed by atoms with E-state index < -0.39 is 0 Å². The van der Waals surface area contributed by atoms with Gasteiger partial charge in [-0.05, 0) is 35.9 Å². The van der Waals surface area contributed by atoms with Crippen LogP contribution in [0.2, 0.25) is 0 Å². The van der Waals surface area contributed by atoms with Crippen LogP contribution >= 0.6 is 11.3 Å². The Balaban J connectivity index is 1.25. The number of allylic oxidation sites excluding steroid dienone is 2. The summed E-state index contributed by atoms with van der Waals surface area (Å²) >= 11 is 1.86. The van der Waals surface area contributed by atoms with Crippen molar-refractivity contribution in [1.29, 1.82) is 0 Å². The molecule has 2 aromatic heterocycles. The van der Waals surface area contributed by atoms with Gasteiger partial charge in [0.05, 0.1) is 6.04 Å². The quantitative estimate of drug-likeness (QED) is 0.227. The van der Waals surface area contributed by atoms with Crippen molar-refractivity contribution in [3.05, 3.63) is 133 Å². The molecule has 2 unspecified atom stereocenters. The van der Waals surface area contributed by atoms with Crippen LogP contribution in [-0.2, 0) is 0 Å². The Kier molecular flexibility index (Phi) is 4.35. The molecule has 1 aliphatic carbocycles. The zero-order valence-corrected chi connectivity index (χ0v) is 21.9. The Morgan fingerprint density at radius 2 is 1.44 bits per heavy atom. The van der Waals surface area contributed by atoms with E-state index in [1.165, 1.54) is 42.7 Å². The molecule has 0 amide bonds. The molecule has 0 radical (unpaired) electrons. The summed E-state index contributed by atoms with van der Waals surface area (Å²) < 4.78 is 9.24. The molecule has 3 heteroatoms. The number of fused-ring (bicyclic) bond motifs is 9. The predicted octanol–water partition coefficient (Wildman–Crippen LogP) is 10.4. The molecule has 0 fully saturated rings. The van der Waals surface area contributed by atoms with E-state index in [0.29, 0.717) is 5.92 Å². The van der Waals surface area contributed by atoms with Crippen LogP contribution in [0.3, 0.4) is 0 Å². The topological polar surface area (TPSA) is 16.4 Å². The minimum Gasteiger partial charge on any atom is -0.455 e. The lowest BCUT2D eigenvalue weighted by atomic mass is 9.91. The molecule has 0 spiro atoms. The number of thiophene rings is 1. The largest absolute Gasteiger partial charge is 0.455 e. The van der Waals surface area contributed by atoms with E-state index in [2.05, 4.69) is 132 Å². The van der Waals surface area contributed by atoms with Crippen LogP contribution in [0.25, 0.3) is 53.2 Å². The van der Waals surface area contributed by atoms with Gasteiger partial charge in [0.1, 0.15) is 11.2 Å². The molecule has 3 heterocycles. The SMILES string of the molecule is C1=CC2c3ccccc3N(c3ccc4oc5c(-c6cccc7c6sc6ccccc67)cccc5c4c3)C2C=C1. The van der Waals surface area contributed by atoms with E-state index in [-0.39, 0.29) is 6.04 Å². The lowest BCUT2D eigenvalue weighted by Crippen LogP contribution is -2.28. The molecule has 2 nitrogen and oxygen atoms in total. The lowest BCUT2D eigenvalue weighted by Gasteiger charge is -2.28. The van der Waals surface area contributed by atoms with E-state index in [1.807, 2.05) is 11.3 Å². The maximum absolute atomic E-state index is 6.62. The monoisotopic (exact) mass is 517 g/mol. The number of rotatable bonds is 2. The smallest absolute Gasteiger partial charge is 0.143 e. The molecule has 0 N–H and O–H groups in total. The Bertz CT molecular complexity index is 2160. The van der Waals surface area contributed by atoms with Gasteiger partial charge in [-0.2, -0.15) is 0 Å². The normalized spacial score (nSPS) is 18.0. The first-order valence-electron chi connectivity index (χ1n) is 13.4. The summed E-state index contributed by atoms with van der Waals surface area (Å²) in [6.45, 7) is 0. The van der Waals surface area contributed by atoms with E-state index in [9.17, 15) is 0 Å². The Hall–Kier alpha value is -4.60. The molecule has 184 valence electrons. The van der Waals surface area contributed by atoms with Gasteiger partial charge in [-0.15, -0.1) is 11.3 Å². The fraction of sp³-hybridized carbons (Fsp3) is 0.0556. The average Bonchev–Trinajstić information content (AvgIpc) is 3.66. The average molecular weight is 518 g/mol. The van der Waals surface area contributed by atoms with Crippen molar-refractivity contribution >= 4 is 64.8 Å². The van der Waals surface area contributed by atoms with Gasteiger partial charge in [0.15, 0.2) is 0 Å². The second kappa shape index (κ2) is 7.95. The maximum atomic E-state index is 6.62. The molecule has 39 heavy (non-hydrogen) atoms. The lowest BCUT2D eigenvalue weighted by molar-refractivity contribution is 0.670. The highest BCUT2D eigenvalue weighted by Gasteiger charge is 2.37. The van der Waals surface area contributed by atoms with Crippen molar-refractivity contribution in [2.24, 2.45) is 0 Å². The summed E-state index contributed by atoms with van der Waals surface area (Å²) in [4.78, 5) is 2.49. The zero-order valence-electron chi connectivity index (χ0n) is 21.0. The number of anilines is 2. The first-order valence-corrected chi connectivity index (χ1v) is 14.3. The maximum Gasteiger partial charge on any atom is 0.143 e. The highest BCUT2D eigenvalue weighted by atomic mass is 32.1. The van der Waals surface area contributed by atoms with Gasteiger partial charge in [-0.25, -0.2) is 0 Å². The van der Waals surface area contributed by atoms with E-state index >= 15 is 0 Å². The predicted molar refractivity (Wildman–Crippen MR) is 165 cm³/mol. The van der Waals surface area contributed by atoms with Crippen LogP contribution in [0, 0.1) is 0 Å². The highest BCUT2D eigenvalue weighted by molar-refractivity contribution is 7.26. The molecule has 7 aromatic rings. The number of benzene rings is 5. The summed E-state index contributed by atoms with van der Waals surface area (Å²) in [6, 6.07) is 37.6. The minimum atomic E-state index is 0.282. The second-order valence-corrected chi connectivity index (χ2v) is 11.5. The van der Waals surface area contributed by atoms with Gasteiger partial charge in [0.2, 0.25) is 0 Å². The standard InChI is InChI=1S/C36H23NOS/c1-4-16-31-23(9-1)24-10-2-5-17-32(24)37(31)22-19-20-33-30(21-22)27-13-7-12-26(35(27)38-33)29-15-8-14-28-25-11-3-6-18-34(25)39-36(28)29/h1-21,23,31H. The first kappa shape index (κ1) is 21.3. The van der Waals surface area contributed by atoms with Crippen molar-refractivity contribution < 1.29 is 4.42 Å². The number of hydrogen-bond acceptors (Lipinski definition) is 3. The fourth-order valence-electron chi connectivity index (χ4n) is 6.70. The summed E-state index contributed by atoms with van der Waals surface area (Å²) in [5.41, 5.74) is 8.13. The van der Waals surface area contributed by atoms with Crippen LogP contribution in [0.4, 0.5) is 11.4 Å². The number of furan rings is 1. The summed E-state index contributed by atoms with van der Waals surface area (Å²) in [5, 5.41) is 4.94. The molecule has 1 aliphatic heterocycles. The van der Waals surface area contributed by atoms with E-state index in [0.717, 1.165) is 27.5 Å². The van der Waals surface area contributed by atoms with Crippen molar-refractivity contribution in [3.8, 4) is 11.1 Å². The minimum absolute atomic E-state index is 0.282. The Morgan fingerprint density at radius 1 is 0.641 bits per heavy atom. The van der Waals surface area contributed by atoms with Gasteiger partial charge < -0.3 is 9.32 Å². The van der Waals surface area contributed by atoms with Crippen LogP contribution < -0.4 is 4.90 Å². The van der Waals surface area contributed by atoms with Gasteiger partial charge in [0, 0.05) is 59.4 Å². The van der Waals surface area contributed by atoms with Gasteiger partial charge >= 0.3 is 0 Å². The Labute approximate surface area is 229 Å². The summed E-state index contributed by atoms with van der Waals surface area (Å²) in [7, 11) is 0. The van der Waals surface area contributed by atoms with Gasteiger partial charge in [0.25, 0.3) is 0 Å². The van der Waals surface area contributed by atoms with E-state index in [1.54, 1.807) is 0 Å². The molecule has 9 rings (SSSR count). The number of nitrogens with zero attached hydrogens (tertiary/aromatic N) is 1. The van der Waals surface area contributed by atoms with E-state index in [4.69, 9.17) is 4.42 Å². The van der Waals surface area contributed by atoms with Crippen molar-refractivity contribution in [2.45, 2.75) is 12.0 Å². The number of para-hydroxylation sites is 2. The molecule has 2 atom stereocenters. The molecular weight excluding hydrogens is 494 g/mol. The summed E-state index contributed by atoms with van der Waals surface area (Å²) in [5.74, 6) is 0.372. The molecule has 2 aliphatic rings. The third-order valence-electron chi connectivity index (χ3n) is 8.41. The second-order valence-electron chi connectivity index (χ2n) is 10.5. The molecule has 0 saturated heterocycles. The highest BCUT2D eigenvalue weighted by Crippen LogP contribution is 2.49. The first-order chi connectivity index (χ1) is 19.3. The van der Waals surface area contributed by atoms with Crippen molar-refractivity contribution in [1.82, 2.24) is 0 Å². The third kappa shape index (κ3) is 2.96. The van der Waals surface area contributed by atoms with Crippen molar-refractivity contribution in [2.75, 3.05) is 4.90 Å². The Morgan fingerprint density at radius 3 is 2.41 bits per heavy atom. The zero-order chi connectivity index (χ0) is 25.5. The fourth-order valence-corrected chi connectivity index (χ4v) is 7.93. The molecule has 0 bridgehead atoms. The van der Waals surface area contributed by atoms with Gasteiger partial charge in [-0.3, -0.25) is 0 Å². The van der Waals surface area contributed by atoms with Crippen LogP contribution in [0.15, 0.2) is 132 Å². The van der Waals surface area contributed by atoms with Crippen LogP contribution in [0.1, 0.15) is 11.5 Å².